The molecular weight excluding hydrogens is 492 g/mol. The smallest absolute Gasteiger partial charge is 0.328 e. The molecule has 0 spiro atoms. The van der Waals surface area contributed by atoms with E-state index < -0.39 is 54.0 Å². The van der Waals surface area contributed by atoms with Gasteiger partial charge in [-0.3, -0.25) is 19.2 Å². The molecule has 0 rings (SSSR count). The van der Waals surface area contributed by atoms with Crippen LogP contribution in [0.4, 0.5) is 0 Å². The minimum absolute atomic E-state index is 0.0839. The zero-order chi connectivity index (χ0) is 29.7. The van der Waals surface area contributed by atoms with Crippen molar-refractivity contribution >= 4 is 29.6 Å². The molecule has 11 nitrogen and oxygen atoms in total. The van der Waals surface area contributed by atoms with Gasteiger partial charge < -0.3 is 31.1 Å². The van der Waals surface area contributed by atoms with Crippen molar-refractivity contribution in [3.8, 4) is 0 Å². The molecule has 0 aromatic rings. The molecule has 38 heavy (non-hydrogen) atoms. The number of esters is 1. The van der Waals surface area contributed by atoms with Crippen LogP contribution in [0.5, 0.6) is 0 Å². The third-order valence-corrected chi connectivity index (χ3v) is 5.95. The summed E-state index contributed by atoms with van der Waals surface area (Å²) in [6.45, 7) is 16.3. The fraction of sp³-hybridized carbons (Fsp3) is 0.815. The molecule has 5 unspecified atom stereocenters. The molecule has 5 atom stereocenters. The van der Waals surface area contributed by atoms with E-state index in [-0.39, 0.29) is 42.4 Å². The maximum absolute atomic E-state index is 13.3. The summed E-state index contributed by atoms with van der Waals surface area (Å²) in [5, 5.41) is 21.6. The lowest BCUT2D eigenvalue weighted by Crippen LogP contribution is -2.59. The lowest BCUT2D eigenvalue weighted by molar-refractivity contribution is -0.144. The highest BCUT2D eigenvalue weighted by Gasteiger charge is 2.33. The second-order valence-corrected chi connectivity index (χ2v) is 11.4. The summed E-state index contributed by atoms with van der Waals surface area (Å²) in [5.41, 5.74) is 0. The molecule has 0 fully saturated rings. The summed E-state index contributed by atoms with van der Waals surface area (Å²) in [6, 6.07) is -3.39. The Bertz CT molecular complexity index is 798. The van der Waals surface area contributed by atoms with Crippen molar-refractivity contribution in [2.24, 2.45) is 23.7 Å². The van der Waals surface area contributed by atoms with Crippen molar-refractivity contribution in [3.63, 3.8) is 0 Å². The highest BCUT2D eigenvalue weighted by Crippen LogP contribution is 2.14. The van der Waals surface area contributed by atoms with Crippen LogP contribution in [0, 0.1) is 23.7 Å². The minimum atomic E-state index is -1.23. The van der Waals surface area contributed by atoms with Gasteiger partial charge in [-0.25, -0.2) is 4.79 Å². The number of rotatable bonds is 16. The van der Waals surface area contributed by atoms with Crippen molar-refractivity contribution in [1.82, 2.24) is 21.3 Å². The van der Waals surface area contributed by atoms with Crippen LogP contribution in [-0.4, -0.2) is 72.1 Å². The van der Waals surface area contributed by atoms with Crippen molar-refractivity contribution in [2.75, 3.05) is 7.11 Å². The zero-order valence-electron chi connectivity index (χ0n) is 24.7. The number of amides is 4. The summed E-state index contributed by atoms with van der Waals surface area (Å²) in [6.07, 6.45) is -0.903. The number of ether oxygens (including phenoxy) is 1. The van der Waals surface area contributed by atoms with E-state index >= 15 is 0 Å². The molecule has 5 N–H and O–H groups in total. The van der Waals surface area contributed by atoms with Crippen LogP contribution in [0.2, 0.25) is 0 Å². The monoisotopic (exact) mass is 542 g/mol. The van der Waals surface area contributed by atoms with Crippen LogP contribution >= 0.6 is 0 Å². The van der Waals surface area contributed by atoms with Crippen molar-refractivity contribution in [3.05, 3.63) is 0 Å². The number of aliphatic hydroxyl groups is 1. The summed E-state index contributed by atoms with van der Waals surface area (Å²) < 4.78 is 4.59. The Morgan fingerprint density at radius 1 is 0.658 bits per heavy atom. The predicted octanol–water partition coefficient (Wildman–Crippen LogP) is 1.27. The zero-order valence-corrected chi connectivity index (χ0v) is 24.7. The standard InChI is InChI=1S/C27H50N4O7/c1-14(2)11-19(20(32)13-22(34)28-18(9)27(37)38-10)29-25(35)24(17(7)8)31-26(36)23(16(5)6)30-21(33)12-15(3)4/h14-20,23-24,32H,11-13H2,1-10H3,(H,28,34)(H,29,35)(H,30,33)(H,31,36). The van der Waals surface area contributed by atoms with Gasteiger partial charge in [-0.05, 0) is 37.0 Å². The summed E-state index contributed by atoms with van der Waals surface area (Å²) >= 11 is 0. The van der Waals surface area contributed by atoms with E-state index in [2.05, 4.69) is 26.0 Å². The van der Waals surface area contributed by atoms with Gasteiger partial charge in [0, 0.05) is 6.42 Å². The number of hydrogen-bond acceptors (Lipinski definition) is 7. The summed E-state index contributed by atoms with van der Waals surface area (Å²) in [7, 11) is 1.21. The Kier molecular flexibility index (Phi) is 15.8. The molecule has 0 aliphatic carbocycles. The Hall–Kier alpha value is -2.69. The van der Waals surface area contributed by atoms with Gasteiger partial charge in [-0.2, -0.15) is 0 Å². The molecule has 0 aromatic heterocycles. The third-order valence-electron chi connectivity index (χ3n) is 5.95. The Labute approximate surface area is 227 Å². The molecule has 0 bridgehead atoms. The van der Waals surface area contributed by atoms with Gasteiger partial charge in [-0.15, -0.1) is 0 Å². The Morgan fingerprint density at radius 2 is 1.13 bits per heavy atom. The number of methoxy groups -OCH3 is 1. The summed E-state index contributed by atoms with van der Waals surface area (Å²) in [5.74, 6) is -2.67. The van der Waals surface area contributed by atoms with E-state index in [0.29, 0.717) is 6.42 Å². The molecular formula is C27H50N4O7. The average molecular weight is 543 g/mol. The third kappa shape index (κ3) is 13.2. The van der Waals surface area contributed by atoms with E-state index in [9.17, 15) is 29.1 Å². The SMILES string of the molecule is COC(=O)C(C)NC(=O)CC(O)C(CC(C)C)NC(=O)C(NC(=O)C(NC(=O)CC(C)C)C(C)C)C(C)C. The van der Waals surface area contributed by atoms with E-state index in [1.807, 2.05) is 41.5 Å². The molecule has 220 valence electrons. The first-order valence-corrected chi connectivity index (χ1v) is 13.4. The van der Waals surface area contributed by atoms with Gasteiger partial charge in [-0.1, -0.05) is 55.4 Å². The highest BCUT2D eigenvalue weighted by molar-refractivity contribution is 5.92. The van der Waals surface area contributed by atoms with Crippen molar-refractivity contribution in [2.45, 2.75) is 112 Å². The molecule has 0 aromatic carbocycles. The van der Waals surface area contributed by atoms with Gasteiger partial charge in [0.15, 0.2) is 0 Å². The van der Waals surface area contributed by atoms with Crippen LogP contribution in [0.15, 0.2) is 0 Å². The molecule has 4 amide bonds. The maximum Gasteiger partial charge on any atom is 0.328 e. The van der Waals surface area contributed by atoms with E-state index in [4.69, 9.17) is 0 Å². The van der Waals surface area contributed by atoms with Gasteiger partial charge in [0.25, 0.3) is 0 Å². The van der Waals surface area contributed by atoms with Crippen LogP contribution in [0.1, 0.15) is 81.6 Å². The molecule has 0 saturated heterocycles. The Balaban J connectivity index is 5.52. The molecule has 0 aliphatic rings. The lowest BCUT2D eigenvalue weighted by Gasteiger charge is -2.31. The first-order valence-electron chi connectivity index (χ1n) is 13.4. The average Bonchev–Trinajstić information content (AvgIpc) is 2.78. The Morgan fingerprint density at radius 3 is 1.58 bits per heavy atom. The van der Waals surface area contributed by atoms with Crippen molar-refractivity contribution in [1.29, 1.82) is 0 Å². The lowest BCUT2D eigenvalue weighted by atomic mass is 9.95. The summed E-state index contributed by atoms with van der Waals surface area (Å²) in [4.78, 5) is 62.6. The van der Waals surface area contributed by atoms with Gasteiger partial charge in [0.1, 0.15) is 18.1 Å². The molecule has 0 radical (unpaired) electrons. The topological polar surface area (TPSA) is 163 Å². The minimum Gasteiger partial charge on any atom is -0.467 e. The van der Waals surface area contributed by atoms with Crippen LogP contribution in [0.3, 0.4) is 0 Å². The number of nitrogens with one attached hydrogen (secondary N) is 4. The first-order chi connectivity index (χ1) is 17.5. The number of hydrogen-bond donors (Lipinski definition) is 5. The second kappa shape index (κ2) is 17.0. The van der Waals surface area contributed by atoms with Crippen LogP contribution < -0.4 is 21.3 Å². The normalized spacial score (nSPS) is 15.4. The van der Waals surface area contributed by atoms with Crippen molar-refractivity contribution < 1.29 is 33.8 Å². The van der Waals surface area contributed by atoms with E-state index in [0.717, 1.165) is 0 Å². The molecule has 0 aliphatic heterocycles. The molecule has 11 heteroatoms. The second-order valence-electron chi connectivity index (χ2n) is 11.4. The molecule has 0 saturated carbocycles. The highest BCUT2D eigenvalue weighted by atomic mass is 16.5. The van der Waals surface area contributed by atoms with Gasteiger partial charge in [0.05, 0.1) is 25.7 Å². The first kappa shape index (κ1) is 35.3. The fourth-order valence-corrected chi connectivity index (χ4v) is 3.88. The fourth-order valence-electron chi connectivity index (χ4n) is 3.88. The van der Waals surface area contributed by atoms with E-state index in [1.165, 1.54) is 14.0 Å². The van der Waals surface area contributed by atoms with E-state index in [1.54, 1.807) is 13.8 Å². The largest absolute Gasteiger partial charge is 0.467 e. The van der Waals surface area contributed by atoms with Gasteiger partial charge in [0.2, 0.25) is 23.6 Å². The predicted molar refractivity (Wildman–Crippen MR) is 145 cm³/mol. The molecule has 0 heterocycles. The number of carbonyl (C=O) groups is 5. The quantitative estimate of drug-likeness (QED) is 0.183. The number of aliphatic hydroxyl groups excluding tert-OH is 1. The van der Waals surface area contributed by atoms with Crippen LogP contribution in [0.25, 0.3) is 0 Å². The van der Waals surface area contributed by atoms with Gasteiger partial charge >= 0.3 is 5.97 Å². The maximum atomic E-state index is 13.3. The van der Waals surface area contributed by atoms with Crippen LogP contribution in [-0.2, 0) is 28.7 Å². The number of carbonyl (C=O) groups excluding carboxylic acids is 5.